The zero-order chi connectivity index (χ0) is 15.9. The van der Waals surface area contributed by atoms with Gasteiger partial charge >= 0.3 is 0 Å². The van der Waals surface area contributed by atoms with Crippen LogP contribution >= 0.6 is 0 Å². The van der Waals surface area contributed by atoms with Gasteiger partial charge in [0.15, 0.2) is 0 Å². The Hall–Kier alpha value is -2.69. The van der Waals surface area contributed by atoms with Gasteiger partial charge in [-0.05, 0) is 37.3 Å². The Bertz CT molecular complexity index is 647. The lowest BCUT2D eigenvalue weighted by Crippen LogP contribution is -2.24. The number of amides is 1. The zero-order valence-corrected chi connectivity index (χ0v) is 12.8. The molecule has 1 heterocycles. The van der Waals surface area contributed by atoms with Crippen molar-refractivity contribution in [2.45, 2.75) is 13.0 Å². The first kappa shape index (κ1) is 15.7. The lowest BCUT2D eigenvalue weighted by Gasteiger charge is -2.09. The van der Waals surface area contributed by atoms with Crippen molar-refractivity contribution < 1.29 is 18.7 Å². The summed E-state index contributed by atoms with van der Waals surface area (Å²) in [6, 6.07) is 8.83. The molecule has 1 N–H and O–H groups in total. The van der Waals surface area contributed by atoms with Gasteiger partial charge in [-0.3, -0.25) is 4.79 Å². The molecule has 0 bridgehead atoms. The van der Waals surface area contributed by atoms with Gasteiger partial charge in [0.05, 0.1) is 26.5 Å². The van der Waals surface area contributed by atoms with Crippen molar-refractivity contribution in [3.05, 3.63) is 54.0 Å². The summed E-state index contributed by atoms with van der Waals surface area (Å²) in [5.74, 6) is 1.85. The zero-order valence-electron chi connectivity index (χ0n) is 12.8. The van der Waals surface area contributed by atoms with Crippen LogP contribution in [0, 0.1) is 0 Å². The van der Waals surface area contributed by atoms with E-state index in [1.54, 1.807) is 38.7 Å². The highest BCUT2D eigenvalue weighted by atomic mass is 16.5. The summed E-state index contributed by atoms with van der Waals surface area (Å²) in [4.78, 5) is 11.9. The van der Waals surface area contributed by atoms with Crippen LogP contribution in [0.1, 0.15) is 24.3 Å². The maximum atomic E-state index is 11.9. The van der Waals surface area contributed by atoms with Gasteiger partial charge in [0.1, 0.15) is 17.3 Å². The lowest BCUT2D eigenvalue weighted by molar-refractivity contribution is -0.117. The molecule has 2 rings (SSSR count). The van der Waals surface area contributed by atoms with Gasteiger partial charge in [0.25, 0.3) is 0 Å². The normalized spacial score (nSPS) is 12.1. The van der Waals surface area contributed by atoms with Crippen LogP contribution in [0.5, 0.6) is 11.5 Å². The molecule has 1 atom stereocenters. The average Bonchev–Trinajstić information content (AvgIpc) is 3.07. The van der Waals surface area contributed by atoms with Crippen molar-refractivity contribution in [3.63, 3.8) is 0 Å². The number of ether oxygens (including phenoxy) is 2. The van der Waals surface area contributed by atoms with E-state index in [1.165, 1.54) is 6.08 Å². The van der Waals surface area contributed by atoms with Crippen molar-refractivity contribution in [2.24, 2.45) is 0 Å². The monoisotopic (exact) mass is 301 g/mol. The second-order valence-corrected chi connectivity index (χ2v) is 4.69. The standard InChI is InChI=1S/C17H19NO4/c1-12(15-5-4-10-22-15)18-17(19)9-7-13-6-8-14(20-2)11-16(13)21-3/h4-12H,1-3H3,(H,18,19)/b9-7+/t12-/m0/s1. The molecule has 1 amide bonds. The van der Waals surface area contributed by atoms with E-state index in [2.05, 4.69) is 5.32 Å². The van der Waals surface area contributed by atoms with Crippen molar-refractivity contribution in [2.75, 3.05) is 14.2 Å². The minimum Gasteiger partial charge on any atom is -0.497 e. The number of methoxy groups -OCH3 is 2. The van der Waals surface area contributed by atoms with Crippen LogP contribution in [0.25, 0.3) is 6.08 Å². The Morgan fingerprint density at radius 2 is 2.09 bits per heavy atom. The van der Waals surface area contributed by atoms with Crippen LogP contribution in [0.2, 0.25) is 0 Å². The van der Waals surface area contributed by atoms with Crippen LogP contribution in [0.3, 0.4) is 0 Å². The second kappa shape index (κ2) is 7.36. The predicted molar refractivity (Wildman–Crippen MR) is 83.8 cm³/mol. The predicted octanol–water partition coefficient (Wildman–Crippen LogP) is 3.19. The fourth-order valence-corrected chi connectivity index (χ4v) is 1.99. The molecule has 1 aromatic heterocycles. The molecule has 22 heavy (non-hydrogen) atoms. The SMILES string of the molecule is COc1ccc(/C=C/C(=O)N[C@@H](C)c2ccco2)c(OC)c1. The minimum absolute atomic E-state index is 0.190. The fourth-order valence-electron chi connectivity index (χ4n) is 1.99. The van der Waals surface area contributed by atoms with E-state index in [9.17, 15) is 4.79 Å². The minimum atomic E-state index is -0.207. The molecule has 0 unspecified atom stereocenters. The number of carbonyl (C=O) groups is 1. The average molecular weight is 301 g/mol. The van der Waals surface area contributed by atoms with Gasteiger partial charge in [-0.1, -0.05) is 0 Å². The van der Waals surface area contributed by atoms with Crippen molar-refractivity contribution >= 4 is 12.0 Å². The molecule has 5 nitrogen and oxygen atoms in total. The smallest absolute Gasteiger partial charge is 0.244 e. The quantitative estimate of drug-likeness (QED) is 0.832. The molecule has 0 spiro atoms. The van der Waals surface area contributed by atoms with E-state index in [-0.39, 0.29) is 11.9 Å². The molecule has 2 aromatic rings. The maximum absolute atomic E-state index is 11.9. The number of hydrogen-bond acceptors (Lipinski definition) is 4. The molecular formula is C17H19NO4. The highest BCUT2D eigenvalue weighted by molar-refractivity contribution is 5.92. The van der Waals surface area contributed by atoms with Crippen LogP contribution < -0.4 is 14.8 Å². The Morgan fingerprint density at radius 3 is 2.73 bits per heavy atom. The van der Waals surface area contributed by atoms with Gasteiger partial charge in [0, 0.05) is 17.7 Å². The summed E-state index contributed by atoms with van der Waals surface area (Å²) in [6.07, 6.45) is 4.74. The number of benzene rings is 1. The van der Waals surface area contributed by atoms with E-state index >= 15 is 0 Å². The first-order chi connectivity index (χ1) is 10.6. The molecule has 1 aromatic carbocycles. The Kier molecular flexibility index (Phi) is 5.25. The number of furan rings is 1. The molecule has 0 radical (unpaired) electrons. The molecule has 0 fully saturated rings. The highest BCUT2D eigenvalue weighted by Crippen LogP contribution is 2.25. The Balaban J connectivity index is 2.03. The molecule has 0 aliphatic carbocycles. The maximum Gasteiger partial charge on any atom is 0.244 e. The summed E-state index contributed by atoms with van der Waals surface area (Å²) >= 11 is 0. The molecule has 116 valence electrons. The van der Waals surface area contributed by atoms with Crippen molar-refractivity contribution in [3.8, 4) is 11.5 Å². The molecule has 0 aliphatic heterocycles. The first-order valence-corrected chi connectivity index (χ1v) is 6.88. The topological polar surface area (TPSA) is 60.7 Å². The highest BCUT2D eigenvalue weighted by Gasteiger charge is 2.10. The molecule has 0 saturated carbocycles. The summed E-state index contributed by atoms with van der Waals surface area (Å²) in [5.41, 5.74) is 0.795. The van der Waals surface area contributed by atoms with E-state index in [0.29, 0.717) is 17.3 Å². The number of nitrogens with one attached hydrogen (secondary N) is 1. The van der Waals surface area contributed by atoms with E-state index in [1.807, 2.05) is 25.1 Å². The summed E-state index contributed by atoms with van der Waals surface area (Å²) in [5, 5.41) is 2.83. The van der Waals surface area contributed by atoms with Crippen molar-refractivity contribution in [1.29, 1.82) is 0 Å². The number of hydrogen-bond donors (Lipinski definition) is 1. The summed E-state index contributed by atoms with van der Waals surface area (Å²) in [7, 11) is 3.17. The largest absolute Gasteiger partial charge is 0.497 e. The third-order valence-corrected chi connectivity index (χ3v) is 3.18. The summed E-state index contributed by atoms with van der Waals surface area (Å²) in [6.45, 7) is 1.86. The third kappa shape index (κ3) is 3.91. The second-order valence-electron chi connectivity index (χ2n) is 4.69. The van der Waals surface area contributed by atoms with Crippen LogP contribution in [-0.2, 0) is 4.79 Å². The molecule has 0 saturated heterocycles. The molecular weight excluding hydrogens is 282 g/mol. The van der Waals surface area contributed by atoms with E-state index in [0.717, 1.165) is 5.56 Å². The first-order valence-electron chi connectivity index (χ1n) is 6.88. The Labute approximate surface area is 129 Å². The third-order valence-electron chi connectivity index (χ3n) is 3.18. The van der Waals surface area contributed by atoms with Crippen LogP contribution in [0.15, 0.2) is 47.1 Å². The number of rotatable bonds is 6. The van der Waals surface area contributed by atoms with Gasteiger partial charge in [-0.25, -0.2) is 0 Å². The lowest BCUT2D eigenvalue weighted by atomic mass is 10.1. The fraction of sp³-hybridized carbons (Fsp3) is 0.235. The Morgan fingerprint density at radius 1 is 1.27 bits per heavy atom. The summed E-state index contributed by atoms with van der Waals surface area (Å²) < 4.78 is 15.7. The van der Waals surface area contributed by atoms with E-state index in [4.69, 9.17) is 13.9 Å². The van der Waals surface area contributed by atoms with Gasteiger partial charge in [-0.15, -0.1) is 0 Å². The van der Waals surface area contributed by atoms with Crippen LogP contribution in [-0.4, -0.2) is 20.1 Å². The van der Waals surface area contributed by atoms with Crippen molar-refractivity contribution in [1.82, 2.24) is 5.32 Å². The van der Waals surface area contributed by atoms with E-state index < -0.39 is 0 Å². The van der Waals surface area contributed by atoms with Gasteiger partial charge in [0.2, 0.25) is 5.91 Å². The van der Waals surface area contributed by atoms with Crippen LogP contribution in [0.4, 0.5) is 0 Å². The molecule has 5 heteroatoms. The van der Waals surface area contributed by atoms with Gasteiger partial charge in [-0.2, -0.15) is 0 Å². The van der Waals surface area contributed by atoms with Gasteiger partial charge < -0.3 is 19.2 Å². The number of carbonyl (C=O) groups excluding carboxylic acids is 1. The molecule has 0 aliphatic rings.